The van der Waals surface area contributed by atoms with Crippen molar-refractivity contribution in [3.63, 3.8) is 0 Å². The molecule has 1 aromatic heterocycles. The molecule has 7 aromatic rings. The van der Waals surface area contributed by atoms with Crippen molar-refractivity contribution in [1.82, 2.24) is 9.55 Å². The highest BCUT2D eigenvalue weighted by Crippen LogP contribution is 2.55. The molecule has 1 fully saturated rings. The minimum absolute atomic E-state index is 0.129. The van der Waals surface area contributed by atoms with Gasteiger partial charge >= 0.3 is 5.69 Å². The van der Waals surface area contributed by atoms with E-state index < -0.39 is 40.0 Å². The maximum atomic E-state index is 13.9. The molecular formula is C55H53N3O9. The second-order valence-corrected chi connectivity index (χ2v) is 16.4. The van der Waals surface area contributed by atoms with E-state index in [-0.39, 0.29) is 13.0 Å². The number of aryl methyl sites for hydroxylation is 1. The second kappa shape index (κ2) is 19.4. The number of benzene rings is 6. The Morgan fingerprint density at radius 3 is 1.43 bits per heavy atom. The van der Waals surface area contributed by atoms with E-state index in [1.165, 1.54) is 17.0 Å². The standard InChI is InChI=1S/C55H53N3O9/c1-37-34-58(52(60)57-51(37)59)49-33-50(67-55(40-15-11-8-12-16-40,43-21-29-47(64-5)30-22-43)44-23-31-48(65-6)32-24-44)53(35-56-61,38(49)2)36-66-54(39-13-9-7-10-14-39,41-17-25-45(62-3)26-18-41)42-19-27-46(63-4)28-20-42/h7-32,34-35,49-50,61H,2,33,36H2,1,3-6H3,(H,57,59,60). The lowest BCUT2D eigenvalue weighted by Gasteiger charge is -2.44. The second-order valence-electron chi connectivity index (χ2n) is 16.4. The number of aromatic amines is 1. The molecule has 67 heavy (non-hydrogen) atoms. The Morgan fingerprint density at radius 2 is 1.03 bits per heavy atom. The average Bonchev–Trinajstić information content (AvgIpc) is 3.64. The van der Waals surface area contributed by atoms with Crippen LogP contribution in [-0.2, 0) is 20.7 Å². The first kappa shape index (κ1) is 45.9. The van der Waals surface area contributed by atoms with E-state index in [0.29, 0.717) is 34.1 Å². The Kier molecular flexibility index (Phi) is 13.3. The summed E-state index contributed by atoms with van der Waals surface area (Å²) in [6.07, 6.45) is 2.11. The van der Waals surface area contributed by atoms with Crippen LogP contribution in [-0.4, -0.2) is 62.1 Å². The number of nitrogens with zero attached hydrogens (tertiary/aromatic N) is 2. The number of oxime groups is 1. The van der Waals surface area contributed by atoms with Crippen molar-refractivity contribution in [2.24, 2.45) is 10.6 Å². The van der Waals surface area contributed by atoms with Crippen molar-refractivity contribution in [3.05, 3.63) is 236 Å². The Labute approximate surface area is 389 Å². The van der Waals surface area contributed by atoms with Gasteiger partial charge < -0.3 is 33.6 Å². The minimum atomic E-state index is -1.49. The zero-order chi connectivity index (χ0) is 47.2. The van der Waals surface area contributed by atoms with E-state index in [1.54, 1.807) is 35.4 Å². The third-order valence-electron chi connectivity index (χ3n) is 13.0. The van der Waals surface area contributed by atoms with Crippen LogP contribution in [0.15, 0.2) is 191 Å². The molecule has 1 saturated carbocycles. The topological polar surface area (TPSA) is 143 Å². The number of hydrogen-bond acceptors (Lipinski definition) is 10. The molecule has 1 aliphatic carbocycles. The molecule has 0 spiro atoms. The lowest BCUT2D eigenvalue weighted by molar-refractivity contribution is -0.103. The first-order valence-corrected chi connectivity index (χ1v) is 21.8. The Balaban J connectivity index is 1.40. The van der Waals surface area contributed by atoms with E-state index in [1.807, 2.05) is 158 Å². The third-order valence-corrected chi connectivity index (χ3v) is 13.0. The van der Waals surface area contributed by atoms with Crippen molar-refractivity contribution in [1.29, 1.82) is 0 Å². The zero-order valence-electron chi connectivity index (χ0n) is 38.0. The number of rotatable bonds is 17. The highest BCUT2D eigenvalue weighted by molar-refractivity contribution is 5.73. The predicted molar refractivity (Wildman–Crippen MR) is 257 cm³/mol. The van der Waals surface area contributed by atoms with Crippen LogP contribution < -0.4 is 30.2 Å². The minimum Gasteiger partial charge on any atom is -0.497 e. The molecule has 8 rings (SSSR count). The van der Waals surface area contributed by atoms with Crippen molar-refractivity contribution in [2.75, 3.05) is 35.0 Å². The Morgan fingerprint density at radius 1 is 0.642 bits per heavy atom. The van der Waals surface area contributed by atoms with Gasteiger partial charge in [-0.25, -0.2) is 4.79 Å². The summed E-state index contributed by atoms with van der Waals surface area (Å²) in [4.78, 5) is 29.2. The highest BCUT2D eigenvalue weighted by atomic mass is 16.5. The van der Waals surface area contributed by atoms with Gasteiger partial charge in [0.15, 0.2) is 0 Å². The summed E-state index contributed by atoms with van der Waals surface area (Å²) in [5.74, 6) is 2.60. The van der Waals surface area contributed by atoms with Gasteiger partial charge in [-0.2, -0.15) is 0 Å². The van der Waals surface area contributed by atoms with Crippen LogP contribution in [0.1, 0.15) is 51.4 Å². The van der Waals surface area contributed by atoms with Gasteiger partial charge in [0.25, 0.3) is 5.56 Å². The molecule has 0 aliphatic heterocycles. The average molecular weight is 900 g/mol. The number of H-pyrrole nitrogens is 1. The van der Waals surface area contributed by atoms with E-state index in [9.17, 15) is 14.8 Å². The molecule has 2 N–H and O–H groups in total. The molecule has 6 aromatic carbocycles. The summed E-state index contributed by atoms with van der Waals surface area (Å²) in [5, 5.41) is 14.7. The molecule has 3 atom stereocenters. The molecule has 0 radical (unpaired) electrons. The van der Waals surface area contributed by atoms with Crippen molar-refractivity contribution < 1.29 is 33.6 Å². The van der Waals surface area contributed by atoms with Crippen LogP contribution in [0.4, 0.5) is 0 Å². The van der Waals surface area contributed by atoms with Crippen LogP contribution in [0.3, 0.4) is 0 Å². The third kappa shape index (κ3) is 8.41. The molecule has 0 saturated heterocycles. The smallest absolute Gasteiger partial charge is 0.328 e. The van der Waals surface area contributed by atoms with Gasteiger partial charge in [-0.05, 0) is 101 Å². The zero-order valence-corrected chi connectivity index (χ0v) is 38.0. The fourth-order valence-corrected chi connectivity index (χ4v) is 9.36. The fourth-order valence-electron chi connectivity index (χ4n) is 9.36. The van der Waals surface area contributed by atoms with Crippen molar-refractivity contribution >= 4 is 6.21 Å². The summed E-state index contributed by atoms with van der Waals surface area (Å²) in [6.45, 7) is 6.14. The SMILES string of the molecule is C=C1C(n2cc(C)c(=O)[nH]c2=O)CC(OC(c2ccccc2)(c2ccc(OC)cc2)c2ccc(OC)cc2)C1(C=NO)COC(c1ccccc1)(c1ccc(OC)cc1)c1ccc(OC)cc1. The summed E-state index contributed by atoms with van der Waals surface area (Å²) in [5.41, 5.74) is 0.0595. The number of aromatic nitrogens is 2. The molecule has 1 aliphatic rings. The van der Waals surface area contributed by atoms with Crippen LogP contribution in [0.25, 0.3) is 0 Å². The quantitative estimate of drug-likeness (QED) is 0.0301. The largest absolute Gasteiger partial charge is 0.497 e. The molecule has 12 heteroatoms. The fraction of sp³-hybridized carbons (Fsp3) is 0.218. The maximum Gasteiger partial charge on any atom is 0.328 e. The Bertz CT molecular complexity index is 2840. The van der Waals surface area contributed by atoms with Crippen LogP contribution in [0.2, 0.25) is 0 Å². The number of ether oxygens (including phenoxy) is 6. The van der Waals surface area contributed by atoms with E-state index in [0.717, 1.165) is 33.4 Å². The summed E-state index contributed by atoms with van der Waals surface area (Å²) >= 11 is 0. The predicted octanol–water partition coefficient (Wildman–Crippen LogP) is 9.21. The molecule has 3 unspecified atom stereocenters. The van der Waals surface area contributed by atoms with Gasteiger partial charge in [0.05, 0.1) is 58.8 Å². The van der Waals surface area contributed by atoms with Gasteiger partial charge in [0.2, 0.25) is 0 Å². The van der Waals surface area contributed by atoms with Gasteiger partial charge in [0.1, 0.15) is 34.2 Å². The molecule has 1 heterocycles. The summed E-state index contributed by atoms with van der Waals surface area (Å²) < 4.78 is 39.4. The van der Waals surface area contributed by atoms with Gasteiger partial charge in [-0.15, -0.1) is 5.16 Å². The van der Waals surface area contributed by atoms with Crippen molar-refractivity contribution in [2.45, 2.75) is 36.7 Å². The first-order chi connectivity index (χ1) is 32.6. The molecular weight excluding hydrogens is 847 g/mol. The summed E-state index contributed by atoms with van der Waals surface area (Å²) in [7, 11) is 6.45. The monoisotopic (exact) mass is 899 g/mol. The van der Waals surface area contributed by atoms with Crippen molar-refractivity contribution in [3.8, 4) is 23.0 Å². The number of methoxy groups -OCH3 is 4. The van der Waals surface area contributed by atoms with Crippen LogP contribution in [0, 0.1) is 12.3 Å². The van der Waals surface area contributed by atoms with E-state index in [2.05, 4.69) is 10.1 Å². The normalized spacial score (nSPS) is 17.4. The van der Waals surface area contributed by atoms with Crippen LogP contribution >= 0.6 is 0 Å². The number of nitrogens with one attached hydrogen (secondary N) is 1. The molecule has 0 bridgehead atoms. The van der Waals surface area contributed by atoms with Gasteiger partial charge in [-0.1, -0.05) is 116 Å². The van der Waals surface area contributed by atoms with Gasteiger partial charge in [-0.3, -0.25) is 14.3 Å². The summed E-state index contributed by atoms with van der Waals surface area (Å²) in [6, 6.07) is 49.6. The number of hydrogen-bond donors (Lipinski definition) is 2. The molecule has 12 nitrogen and oxygen atoms in total. The lowest BCUT2D eigenvalue weighted by atomic mass is 9.77. The molecule has 342 valence electrons. The highest BCUT2D eigenvalue weighted by Gasteiger charge is 2.57. The van der Waals surface area contributed by atoms with Gasteiger partial charge in [0, 0.05) is 11.8 Å². The van der Waals surface area contributed by atoms with Crippen LogP contribution in [0.5, 0.6) is 23.0 Å². The first-order valence-electron chi connectivity index (χ1n) is 21.8. The molecule has 0 amide bonds. The Hall–Kier alpha value is -7.67. The lowest BCUT2D eigenvalue weighted by Crippen LogP contribution is -2.47. The van der Waals surface area contributed by atoms with E-state index in [4.69, 9.17) is 35.0 Å². The maximum absolute atomic E-state index is 13.9. The van der Waals surface area contributed by atoms with E-state index >= 15 is 0 Å².